The molecule has 5 nitrogen and oxygen atoms in total. The summed E-state index contributed by atoms with van der Waals surface area (Å²) in [7, 11) is 1.64. The van der Waals surface area contributed by atoms with Gasteiger partial charge in [0.25, 0.3) is 0 Å². The number of ether oxygens (including phenoxy) is 1. The molecule has 1 N–H and O–H groups in total. The molecule has 0 amide bonds. The van der Waals surface area contributed by atoms with Crippen molar-refractivity contribution in [3.63, 3.8) is 0 Å². The van der Waals surface area contributed by atoms with E-state index in [4.69, 9.17) is 9.15 Å². The van der Waals surface area contributed by atoms with Crippen molar-refractivity contribution in [2.45, 2.75) is 25.4 Å². The molecule has 1 aromatic carbocycles. The largest absolute Gasteiger partial charge is 0.497 e. The van der Waals surface area contributed by atoms with Gasteiger partial charge in [-0.25, -0.2) is 0 Å². The van der Waals surface area contributed by atoms with Gasteiger partial charge in [0.1, 0.15) is 5.75 Å². The second kappa shape index (κ2) is 4.78. The van der Waals surface area contributed by atoms with Crippen LogP contribution in [0.5, 0.6) is 5.75 Å². The molecule has 2 aromatic rings. The number of nitrogens with zero attached hydrogens (tertiary/aromatic N) is 2. The van der Waals surface area contributed by atoms with Gasteiger partial charge in [0, 0.05) is 11.6 Å². The molecule has 0 radical (unpaired) electrons. The van der Waals surface area contributed by atoms with Crippen LogP contribution in [0.25, 0.3) is 11.5 Å². The van der Waals surface area contributed by atoms with Gasteiger partial charge in [-0.05, 0) is 37.1 Å². The van der Waals surface area contributed by atoms with E-state index in [-0.39, 0.29) is 0 Å². The molecule has 0 aliphatic heterocycles. The smallest absolute Gasteiger partial charge is 0.247 e. The molecule has 94 valence electrons. The van der Waals surface area contributed by atoms with Crippen LogP contribution in [-0.2, 0) is 6.54 Å². The normalized spacial score (nSPS) is 14.7. The van der Waals surface area contributed by atoms with Gasteiger partial charge in [0.05, 0.1) is 13.7 Å². The van der Waals surface area contributed by atoms with Crippen LogP contribution < -0.4 is 10.1 Å². The lowest BCUT2D eigenvalue weighted by molar-refractivity contribution is 0.415. The Balaban J connectivity index is 1.70. The highest BCUT2D eigenvalue weighted by atomic mass is 16.5. The van der Waals surface area contributed by atoms with Crippen molar-refractivity contribution in [1.82, 2.24) is 15.5 Å². The Morgan fingerprint density at radius 2 is 2.06 bits per heavy atom. The molecule has 1 aliphatic carbocycles. The van der Waals surface area contributed by atoms with Gasteiger partial charge in [0.15, 0.2) is 0 Å². The quantitative estimate of drug-likeness (QED) is 0.873. The minimum atomic E-state index is 0.547. The van der Waals surface area contributed by atoms with E-state index in [1.165, 1.54) is 12.8 Å². The van der Waals surface area contributed by atoms with E-state index in [9.17, 15) is 0 Å². The van der Waals surface area contributed by atoms with Gasteiger partial charge >= 0.3 is 0 Å². The SMILES string of the molecule is COc1ccc(-c2nnc(CNC3CC3)o2)cc1. The van der Waals surface area contributed by atoms with Gasteiger partial charge in [-0.15, -0.1) is 10.2 Å². The summed E-state index contributed by atoms with van der Waals surface area (Å²) in [6, 6.07) is 8.21. The summed E-state index contributed by atoms with van der Waals surface area (Å²) in [5.41, 5.74) is 0.904. The van der Waals surface area contributed by atoms with Crippen LogP contribution in [0.1, 0.15) is 18.7 Å². The fourth-order valence-corrected chi connectivity index (χ4v) is 1.69. The second-order valence-corrected chi connectivity index (χ2v) is 4.38. The summed E-state index contributed by atoms with van der Waals surface area (Å²) in [4.78, 5) is 0. The van der Waals surface area contributed by atoms with Gasteiger partial charge in [-0.3, -0.25) is 0 Å². The molecule has 0 spiro atoms. The van der Waals surface area contributed by atoms with E-state index in [2.05, 4.69) is 15.5 Å². The highest BCUT2D eigenvalue weighted by Crippen LogP contribution is 2.22. The lowest BCUT2D eigenvalue weighted by Gasteiger charge is -1.99. The van der Waals surface area contributed by atoms with Crippen LogP contribution >= 0.6 is 0 Å². The molecule has 1 saturated carbocycles. The lowest BCUT2D eigenvalue weighted by Crippen LogP contribution is -2.15. The Labute approximate surface area is 105 Å². The number of methoxy groups -OCH3 is 1. The monoisotopic (exact) mass is 245 g/mol. The molecule has 18 heavy (non-hydrogen) atoms. The zero-order chi connectivity index (χ0) is 12.4. The van der Waals surface area contributed by atoms with Crippen molar-refractivity contribution >= 4 is 0 Å². The fraction of sp³-hybridized carbons (Fsp3) is 0.385. The zero-order valence-corrected chi connectivity index (χ0v) is 10.2. The van der Waals surface area contributed by atoms with Gasteiger partial charge in [-0.1, -0.05) is 0 Å². The molecule has 0 atom stereocenters. The minimum Gasteiger partial charge on any atom is -0.497 e. The average molecular weight is 245 g/mol. The molecule has 5 heteroatoms. The molecule has 1 aromatic heterocycles. The van der Waals surface area contributed by atoms with Crippen LogP contribution in [-0.4, -0.2) is 23.3 Å². The van der Waals surface area contributed by atoms with Crippen LogP contribution in [0.2, 0.25) is 0 Å². The van der Waals surface area contributed by atoms with Gasteiger partial charge in [0.2, 0.25) is 11.8 Å². The molecule has 0 bridgehead atoms. The minimum absolute atomic E-state index is 0.547. The Morgan fingerprint density at radius 3 is 2.72 bits per heavy atom. The first-order valence-electron chi connectivity index (χ1n) is 6.05. The van der Waals surface area contributed by atoms with Crippen molar-refractivity contribution < 1.29 is 9.15 Å². The predicted molar refractivity (Wildman–Crippen MR) is 66.1 cm³/mol. The molecule has 0 unspecified atom stereocenters. The Kier molecular flexibility index (Phi) is 2.98. The van der Waals surface area contributed by atoms with Crippen molar-refractivity contribution in [1.29, 1.82) is 0 Å². The van der Waals surface area contributed by atoms with Gasteiger partial charge in [-0.2, -0.15) is 0 Å². The Morgan fingerprint density at radius 1 is 1.28 bits per heavy atom. The molecule has 3 rings (SSSR count). The summed E-state index contributed by atoms with van der Waals surface area (Å²) < 4.78 is 10.7. The summed E-state index contributed by atoms with van der Waals surface area (Å²) in [6.45, 7) is 0.647. The first kappa shape index (κ1) is 11.2. The summed E-state index contributed by atoms with van der Waals surface area (Å²) in [5.74, 6) is 1.99. The third kappa shape index (κ3) is 2.51. The van der Waals surface area contributed by atoms with Crippen molar-refractivity contribution in [3.05, 3.63) is 30.2 Å². The topological polar surface area (TPSA) is 60.2 Å². The van der Waals surface area contributed by atoms with E-state index in [0.717, 1.165) is 11.3 Å². The maximum atomic E-state index is 5.60. The van der Waals surface area contributed by atoms with E-state index in [0.29, 0.717) is 24.4 Å². The number of rotatable bonds is 5. The standard InChI is InChI=1S/C13H15N3O2/c1-17-11-6-2-9(3-7-11)13-16-15-12(18-13)8-14-10-4-5-10/h2-3,6-7,10,14H,4-5,8H2,1H3. The fourth-order valence-electron chi connectivity index (χ4n) is 1.69. The predicted octanol–water partition coefficient (Wildman–Crippen LogP) is 2.00. The van der Waals surface area contributed by atoms with Crippen LogP contribution in [0, 0.1) is 0 Å². The van der Waals surface area contributed by atoms with Crippen LogP contribution in [0.3, 0.4) is 0 Å². The molecular weight excluding hydrogens is 230 g/mol. The molecule has 1 heterocycles. The summed E-state index contributed by atoms with van der Waals surface area (Å²) in [5, 5.41) is 11.4. The average Bonchev–Trinajstić information content (AvgIpc) is 3.14. The first-order valence-corrected chi connectivity index (χ1v) is 6.05. The third-order valence-corrected chi connectivity index (χ3v) is 2.92. The number of benzene rings is 1. The molecule has 0 saturated heterocycles. The second-order valence-electron chi connectivity index (χ2n) is 4.38. The van der Waals surface area contributed by atoms with E-state index in [1.54, 1.807) is 7.11 Å². The van der Waals surface area contributed by atoms with E-state index in [1.807, 2.05) is 24.3 Å². The van der Waals surface area contributed by atoms with Crippen LogP contribution in [0.15, 0.2) is 28.7 Å². The number of nitrogens with one attached hydrogen (secondary N) is 1. The van der Waals surface area contributed by atoms with Crippen molar-refractivity contribution in [3.8, 4) is 17.2 Å². The van der Waals surface area contributed by atoms with Crippen molar-refractivity contribution in [2.24, 2.45) is 0 Å². The molecule has 1 aliphatic rings. The van der Waals surface area contributed by atoms with E-state index >= 15 is 0 Å². The highest BCUT2D eigenvalue weighted by molar-refractivity contribution is 5.53. The number of hydrogen-bond acceptors (Lipinski definition) is 5. The molecular formula is C13H15N3O2. The Hall–Kier alpha value is -1.88. The maximum Gasteiger partial charge on any atom is 0.247 e. The number of aromatic nitrogens is 2. The third-order valence-electron chi connectivity index (χ3n) is 2.92. The summed E-state index contributed by atoms with van der Waals surface area (Å²) >= 11 is 0. The first-order chi connectivity index (χ1) is 8.85. The summed E-state index contributed by atoms with van der Waals surface area (Å²) in [6.07, 6.45) is 2.50. The maximum absolute atomic E-state index is 5.60. The van der Waals surface area contributed by atoms with E-state index < -0.39 is 0 Å². The highest BCUT2D eigenvalue weighted by Gasteiger charge is 2.21. The zero-order valence-electron chi connectivity index (χ0n) is 10.2. The van der Waals surface area contributed by atoms with Gasteiger partial charge < -0.3 is 14.5 Å². The van der Waals surface area contributed by atoms with Crippen molar-refractivity contribution in [2.75, 3.05) is 7.11 Å². The van der Waals surface area contributed by atoms with Crippen LogP contribution in [0.4, 0.5) is 0 Å². The Bertz CT molecular complexity index is 517. The lowest BCUT2D eigenvalue weighted by atomic mass is 10.2. The molecule has 1 fully saturated rings. The number of hydrogen-bond donors (Lipinski definition) is 1.